The van der Waals surface area contributed by atoms with Crippen molar-refractivity contribution in [2.24, 2.45) is 0 Å². The molecule has 1 saturated heterocycles. The molecule has 5 rings (SSSR count). The van der Waals surface area contributed by atoms with E-state index in [4.69, 9.17) is 9.47 Å². The predicted octanol–water partition coefficient (Wildman–Crippen LogP) is 4.63. The molecule has 1 aliphatic heterocycles. The molecule has 1 aliphatic carbocycles. The summed E-state index contributed by atoms with van der Waals surface area (Å²) in [6, 6.07) is 16.2. The maximum Gasteiger partial charge on any atom is 0.254 e. The first-order chi connectivity index (χ1) is 15.8. The highest BCUT2D eigenvalue weighted by molar-refractivity contribution is 5.94. The van der Waals surface area contributed by atoms with E-state index in [0.29, 0.717) is 19.2 Å². The molecule has 2 aliphatic rings. The van der Waals surface area contributed by atoms with Crippen molar-refractivity contribution in [3.63, 3.8) is 0 Å². The number of amides is 1. The molecule has 1 saturated carbocycles. The van der Waals surface area contributed by atoms with Gasteiger partial charge in [-0.1, -0.05) is 25.0 Å². The maximum absolute atomic E-state index is 13.5. The number of imidazole rings is 1. The summed E-state index contributed by atoms with van der Waals surface area (Å²) in [7, 11) is 0. The molecule has 6 nitrogen and oxygen atoms in total. The number of aromatic nitrogens is 2. The van der Waals surface area contributed by atoms with E-state index in [1.807, 2.05) is 47.2 Å². The molecule has 32 heavy (non-hydrogen) atoms. The molecule has 3 aromatic rings. The quantitative estimate of drug-likeness (QED) is 0.548. The Labute approximate surface area is 188 Å². The van der Waals surface area contributed by atoms with Crippen LogP contribution in [0.3, 0.4) is 0 Å². The molecule has 0 radical (unpaired) electrons. The van der Waals surface area contributed by atoms with E-state index in [0.717, 1.165) is 48.4 Å². The first kappa shape index (κ1) is 20.8. The van der Waals surface area contributed by atoms with E-state index in [1.54, 1.807) is 12.5 Å². The van der Waals surface area contributed by atoms with Gasteiger partial charge in [-0.25, -0.2) is 4.98 Å². The average molecular weight is 432 g/mol. The van der Waals surface area contributed by atoms with Crippen LogP contribution in [0.4, 0.5) is 0 Å². The normalized spacial score (nSPS) is 18.7. The standard InChI is InChI=1S/C26H29N3O3/c30-26(21-7-9-22(10-8-21)28-15-14-27-19-28)29(23-3-1-2-4-23)17-20-5-11-24(12-6-20)32-25-13-16-31-18-25/h5-12,14-15,19,23,25H,1-4,13,16-18H2/t25-/m1/s1. The first-order valence-electron chi connectivity index (χ1n) is 11.5. The molecule has 6 heteroatoms. The van der Waals surface area contributed by atoms with Gasteiger partial charge in [0.15, 0.2) is 0 Å². The number of carbonyl (C=O) groups excluding carboxylic acids is 1. The lowest BCUT2D eigenvalue weighted by Gasteiger charge is -2.29. The number of benzene rings is 2. The van der Waals surface area contributed by atoms with Crippen LogP contribution in [-0.2, 0) is 11.3 Å². The van der Waals surface area contributed by atoms with Gasteiger partial charge in [-0.05, 0) is 54.8 Å². The molecule has 2 heterocycles. The van der Waals surface area contributed by atoms with Gasteiger partial charge in [-0.15, -0.1) is 0 Å². The molecule has 1 amide bonds. The smallest absolute Gasteiger partial charge is 0.254 e. The molecule has 1 atom stereocenters. The van der Waals surface area contributed by atoms with Crippen LogP contribution in [0.1, 0.15) is 48.0 Å². The summed E-state index contributed by atoms with van der Waals surface area (Å²) >= 11 is 0. The van der Waals surface area contributed by atoms with Crippen LogP contribution in [-0.4, -0.2) is 45.7 Å². The summed E-state index contributed by atoms with van der Waals surface area (Å²) in [6.07, 6.45) is 11.0. The van der Waals surface area contributed by atoms with Crippen molar-refractivity contribution in [3.05, 3.63) is 78.4 Å². The van der Waals surface area contributed by atoms with E-state index in [9.17, 15) is 4.79 Å². The van der Waals surface area contributed by atoms with Crippen molar-refractivity contribution in [1.29, 1.82) is 0 Å². The van der Waals surface area contributed by atoms with Gasteiger partial charge in [0.1, 0.15) is 11.9 Å². The van der Waals surface area contributed by atoms with Gasteiger partial charge in [-0.3, -0.25) is 4.79 Å². The van der Waals surface area contributed by atoms with Gasteiger partial charge in [0.25, 0.3) is 5.91 Å². The van der Waals surface area contributed by atoms with Crippen molar-refractivity contribution < 1.29 is 14.3 Å². The summed E-state index contributed by atoms with van der Waals surface area (Å²) in [5.41, 5.74) is 2.84. The van der Waals surface area contributed by atoms with E-state index >= 15 is 0 Å². The zero-order valence-corrected chi connectivity index (χ0v) is 18.2. The second-order valence-electron chi connectivity index (χ2n) is 8.64. The minimum atomic E-state index is 0.0949. The molecular weight excluding hydrogens is 402 g/mol. The van der Waals surface area contributed by atoms with Crippen molar-refractivity contribution in [1.82, 2.24) is 14.5 Å². The summed E-state index contributed by atoms with van der Waals surface area (Å²) in [6.45, 7) is 2.04. The Bertz CT molecular complexity index is 1000. The van der Waals surface area contributed by atoms with Gasteiger partial charge < -0.3 is 18.9 Å². The Hall–Kier alpha value is -3.12. The Kier molecular flexibility index (Phi) is 6.21. The monoisotopic (exact) mass is 431 g/mol. The fourth-order valence-corrected chi connectivity index (χ4v) is 4.60. The van der Waals surface area contributed by atoms with E-state index in [2.05, 4.69) is 22.0 Å². The number of hydrogen-bond donors (Lipinski definition) is 0. The van der Waals surface area contributed by atoms with Crippen molar-refractivity contribution in [2.75, 3.05) is 13.2 Å². The summed E-state index contributed by atoms with van der Waals surface area (Å²) in [5.74, 6) is 0.954. The van der Waals surface area contributed by atoms with E-state index in [-0.39, 0.29) is 12.0 Å². The molecule has 166 valence electrons. The maximum atomic E-state index is 13.5. The summed E-state index contributed by atoms with van der Waals surface area (Å²) in [5, 5.41) is 0. The Balaban J connectivity index is 1.30. The molecule has 1 aromatic heterocycles. The second-order valence-corrected chi connectivity index (χ2v) is 8.64. The molecule has 0 spiro atoms. The Morgan fingerprint density at radius 3 is 2.50 bits per heavy atom. The molecule has 0 N–H and O–H groups in total. The van der Waals surface area contributed by atoms with Crippen LogP contribution in [0.5, 0.6) is 5.75 Å². The lowest BCUT2D eigenvalue weighted by molar-refractivity contribution is 0.0664. The van der Waals surface area contributed by atoms with Crippen LogP contribution in [0.15, 0.2) is 67.3 Å². The number of carbonyl (C=O) groups is 1. The minimum Gasteiger partial charge on any atom is -0.488 e. The van der Waals surface area contributed by atoms with E-state index < -0.39 is 0 Å². The van der Waals surface area contributed by atoms with Crippen LogP contribution in [0, 0.1) is 0 Å². The lowest BCUT2D eigenvalue weighted by atomic mass is 10.1. The van der Waals surface area contributed by atoms with Gasteiger partial charge in [0.2, 0.25) is 0 Å². The third-order valence-electron chi connectivity index (χ3n) is 6.41. The average Bonchev–Trinajstić information content (AvgIpc) is 3.62. The topological polar surface area (TPSA) is 56.6 Å². The van der Waals surface area contributed by atoms with Gasteiger partial charge in [-0.2, -0.15) is 0 Å². The summed E-state index contributed by atoms with van der Waals surface area (Å²) < 4.78 is 13.3. The highest BCUT2D eigenvalue weighted by atomic mass is 16.5. The Morgan fingerprint density at radius 2 is 1.84 bits per heavy atom. The van der Waals surface area contributed by atoms with Crippen LogP contribution < -0.4 is 4.74 Å². The highest BCUT2D eigenvalue weighted by Gasteiger charge is 2.27. The third kappa shape index (κ3) is 4.70. The largest absolute Gasteiger partial charge is 0.488 e. The highest BCUT2D eigenvalue weighted by Crippen LogP contribution is 2.27. The molecule has 0 bridgehead atoms. The fourth-order valence-electron chi connectivity index (χ4n) is 4.60. The number of hydrogen-bond acceptors (Lipinski definition) is 4. The molecule has 2 fully saturated rings. The lowest BCUT2D eigenvalue weighted by Crippen LogP contribution is -2.38. The minimum absolute atomic E-state index is 0.0949. The predicted molar refractivity (Wildman–Crippen MR) is 122 cm³/mol. The molecule has 2 aromatic carbocycles. The first-order valence-corrected chi connectivity index (χ1v) is 11.5. The van der Waals surface area contributed by atoms with Crippen molar-refractivity contribution in [2.45, 2.75) is 50.8 Å². The fraction of sp³-hybridized carbons (Fsp3) is 0.385. The third-order valence-corrected chi connectivity index (χ3v) is 6.41. The van der Waals surface area contributed by atoms with Crippen molar-refractivity contribution in [3.8, 4) is 11.4 Å². The summed E-state index contributed by atoms with van der Waals surface area (Å²) in [4.78, 5) is 19.6. The number of rotatable bonds is 7. The van der Waals surface area contributed by atoms with Gasteiger partial charge >= 0.3 is 0 Å². The van der Waals surface area contributed by atoms with Crippen molar-refractivity contribution >= 4 is 5.91 Å². The van der Waals surface area contributed by atoms with Crippen LogP contribution >= 0.6 is 0 Å². The van der Waals surface area contributed by atoms with Crippen LogP contribution in [0.2, 0.25) is 0 Å². The molecule has 0 unspecified atom stereocenters. The van der Waals surface area contributed by atoms with Gasteiger partial charge in [0, 0.05) is 42.7 Å². The molecular formula is C26H29N3O3. The zero-order valence-electron chi connectivity index (χ0n) is 18.2. The zero-order chi connectivity index (χ0) is 21.8. The SMILES string of the molecule is O=C(c1ccc(-n2ccnc2)cc1)N(Cc1ccc(O[C@@H]2CCOC2)cc1)C1CCCC1. The van der Waals surface area contributed by atoms with Crippen LogP contribution in [0.25, 0.3) is 5.69 Å². The second kappa shape index (κ2) is 9.57. The number of nitrogens with zero attached hydrogens (tertiary/aromatic N) is 3. The van der Waals surface area contributed by atoms with Gasteiger partial charge in [0.05, 0.1) is 19.5 Å². The Morgan fingerprint density at radius 1 is 1.06 bits per heavy atom. The number of ether oxygens (including phenoxy) is 2. The van der Waals surface area contributed by atoms with E-state index in [1.165, 1.54) is 12.8 Å².